The molecule has 0 unspecified atom stereocenters. The van der Waals surface area contributed by atoms with E-state index >= 15 is 0 Å². The number of benzene rings is 1. The molecule has 0 spiro atoms. The maximum absolute atomic E-state index is 5.68. The largest absolute Gasteiger partial charge is 0.447 e. The fourth-order valence-corrected chi connectivity index (χ4v) is 2.33. The number of aromatic nitrogens is 1. The van der Waals surface area contributed by atoms with Crippen LogP contribution in [0.5, 0.6) is 0 Å². The molecule has 0 radical (unpaired) electrons. The van der Waals surface area contributed by atoms with Gasteiger partial charge in [0.25, 0.3) is 0 Å². The van der Waals surface area contributed by atoms with E-state index in [9.17, 15) is 0 Å². The fourth-order valence-electron chi connectivity index (χ4n) is 2.33. The summed E-state index contributed by atoms with van der Waals surface area (Å²) in [4.78, 5) is 4.17. The predicted molar refractivity (Wildman–Crippen MR) is 60.9 cm³/mol. The maximum atomic E-state index is 5.68. The third-order valence-corrected chi connectivity index (χ3v) is 3.35. The molecule has 0 saturated heterocycles. The lowest BCUT2D eigenvalue weighted by molar-refractivity contribution is 0.471. The minimum absolute atomic E-state index is 0.0481. The van der Waals surface area contributed by atoms with Crippen LogP contribution >= 0.6 is 0 Å². The number of hydrogen-bond donors (Lipinski definition) is 1. The molecule has 1 heterocycles. The summed E-state index contributed by atoms with van der Waals surface area (Å²) in [5.41, 5.74) is 7.92. The van der Waals surface area contributed by atoms with Crippen LogP contribution < -0.4 is 5.73 Å². The molecule has 3 heteroatoms. The molecule has 3 rings (SSSR count). The van der Waals surface area contributed by atoms with E-state index in [-0.39, 0.29) is 5.41 Å². The van der Waals surface area contributed by atoms with E-state index in [1.165, 1.54) is 12.0 Å². The second-order valence-corrected chi connectivity index (χ2v) is 4.28. The Bertz CT molecular complexity index is 486. The van der Waals surface area contributed by atoms with Crippen LogP contribution in [0.1, 0.15) is 29.9 Å². The van der Waals surface area contributed by atoms with E-state index in [2.05, 4.69) is 29.2 Å². The predicted octanol–water partition coefficient (Wildman–Crippen LogP) is 2.21. The Hall–Kier alpha value is -1.61. The molecule has 16 heavy (non-hydrogen) atoms. The first-order chi connectivity index (χ1) is 7.87. The zero-order valence-electron chi connectivity index (χ0n) is 9.02. The summed E-state index contributed by atoms with van der Waals surface area (Å²) in [6.07, 6.45) is 3.75. The molecule has 1 aromatic carbocycles. The van der Waals surface area contributed by atoms with E-state index in [4.69, 9.17) is 10.2 Å². The molecule has 1 fully saturated rings. The molecule has 2 aromatic rings. The average Bonchev–Trinajstić information content (AvgIpc) is 3.02. The molecule has 1 aliphatic carbocycles. The second-order valence-electron chi connectivity index (χ2n) is 4.28. The molecule has 0 atom stereocenters. The Morgan fingerprint density at radius 1 is 1.25 bits per heavy atom. The van der Waals surface area contributed by atoms with Gasteiger partial charge in [0, 0.05) is 6.54 Å². The number of nitrogens with zero attached hydrogens (tertiary/aromatic N) is 1. The lowest BCUT2D eigenvalue weighted by atomic mass is 9.92. The van der Waals surface area contributed by atoms with E-state index in [1.54, 1.807) is 0 Å². The van der Waals surface area contributed by atoms with Gasteiger partial charge in [-0.25, -0.2) is 4.98 Å². The summed E-state index contributed by atoms with van der Waals surface area (Å²) in [6.45, 7) is 0.445. The third-order valence-electron chi connectivity index (χ3n) is 3.35. The molecular formula is C13H14N2O. The molecular weight excluding hydrogens is 200 g/mol. The SMILES string of the molecule is NCc1ncoc1C1(c2ccccc2)CC1. The maximum Gasteiger partial charge on any atom is 0.181 e. The molecule has 3 nitrogen and oxygen atoms in total. The molecule has 0 bridgehead atoms. The third kappa shape index (κ3) is 1.28. The van der Waals surface area contributed by atoms with Gasteiger partial charge in [0.15, 0.2) is 6.39 Å². The minimum atomic E-state index is 0.0481. The van der Waals surface area contributed by atoms with E-state index in [0.29, 0.717) is 6.54 Å². The quantitative estimate of drug-likeness (QED) is 0.852. The highest BCUT2D eigenvalue weighted by Gasteiger charge is 2.50. The van der Waals surface area contributed by atoms with Gasteiger partial charge in [0.1, 0.15) is 5.76 Å². The highest BCUT2D eigenvalue weighted by molar-refractivity contribution is 5.42. The summed E-state index contributed by atoms with van der Waals surface area (Å²) in [5, 5.41) is 0. The van der Waals surface area contributed by atoms with Gasteiger partial charge in [-0.2, -0.15) is 0 Å². The summed E-state index contributed by atoms with van der Waals surface area (Å²) < 4.78 is 5.55. The standard InChI is InChI=1S/C13H14N2O/c14-8-11-12(16-9-15-11)13(6-7-13)10-4-2-1-3-5-10/h1-5,9H,6-8,14H2. The van der Waals surface area contributed by atoms with Crippen molar-refractivity contribution >= 4 is 0 Å². The summed E-state index contributed by atoms with van der Waals surface area (Å²) in [6, 6.07) is 10.5. The van der Waals surface area contributed by atoms with Crippen molar-refractivity contribution in [3.63, 3.8) is 0 Å². The van der Waals surface area contributed by atoms with Crippen LogP contribution in [0.15, 0.2) is 41.1 Å². The zero-order chi connectivity index (χ0) is 11.0. The van der Waals surface area contributed by atoms with Gasteiger partial charge in [0.05, 0.1) is 11.1 Å². The van der Waals surface area contributed by atoms with Crippen LogP contribution in [-0.4, -0.2) is 4.98 Å². The van der Waals surface area contributed by atoms with Gasteiger partial charge in [0.2, 0.25) is 0 Å². The first-order valence-corrected chi connectivity index (χ1v) is 5.55. The smallest absolute Gasteiger partial charge is 0.181 e. The van der Waals surface area contributed by atoms with Crippen molar-refractivity contribution in [2.45, 2.75) is 24.8 Å². The van der Waals surface area contributed by atoms with Gasteiger partial charge in [-0.3, -0.25) is 0 Å². The van der Waals surface area contributed by atoms with Crippen molar-refractivity contribution in [2.75, 3.05) is 0 Å². The van der Waals surface area contributed by atoms with Gasteiger partial charge in [-0.15, -0.1) is 0 Å². The van der Waals surface area contributed by atoms with Crippen LogP contribution in [0.3, 0.4) is 0 Å². The van der Waals surface area contributed by atoms with Crippen molar-refractivity contribution in [3.8, 4) is 0 Å². The van der Waals surface area contributed by atoms with E-state index in [0.717, 1.165) is 24.3 Å². The zero-order valence-corrected chi connectivity index (χ0v) is 9.02. The molecule has 2 N–H and O–H groups in total. The summed E-state index contributed by atoms with van der Waals surface area (Å²) >= 11 is 0. The second kappa shape index (κ2) is 3.46. The molecule has 1 aliphatic rings. The highest BCUT2D eigenvalue weighted by atomic mass is 16.3. The topological polar surface area (TPSA) is 52.0 Å². The van der Waals surface area contributed by atoms with E-state index < -0.39 is 0 Å². The van der Waals surface area contributed by atoms with E-state index in [1.807, 2.05) is 6.07 Å². The molecule has 0 aliphatic heterocycles. The Morgan fingerprint density at radius 3 is 2.62 bits per heavy atom. The van der Waals surface area contributed by atoms with Gasteiger partial charge in [-0.05, 0) is 18.4 Å². The van der Waals surface area contributed by atoms with Crippen molar-refractivity contribution in [2.24, 2.45) is 5.73 Å². The minimum Gasteiger partial charge on any atom is -0.447 e. The van der Waals surface area contributed by atoms with Crippen molar-refractivity contribution in [1.82, 2.24) is 4.98 Å². The van der Waals surface area contributed by atoms with Crippen molar-refractivity contribution in [3.05, 3.63) is 53.7 Å². The van der Waals surface area contributed by atoms with Crippen LogP contribution in [0.4, 0.5) is 0 Å². The highest BCUT2D eigenvalue weighted by Crippen LogP contribution is 2.54. The van der Waals surface area contributed by atoms with Crippen LogP contribution in [0.25, 0.3) is 0 Å². The number of oxazole rings is 1. The molecule has 1 aromatic heterocycles. The lowest BCUT2D eigenvalue weighted by Gasteiger charge is -2.13. The number of nitrogens with two attached hydrogens (primary N) is 1. The Kier molecular flexibility index (Phi) is 2.07. The number of rotatable bonds is 3. The number of hydrogen-bond acceptors (Lipinski definition) is 3. The molecule has 82 valence electrons. The Labute approximate surface area is 94.3 Å². The fraction of sp³-hybridized carbons (Fsp3) is 0.308. The summed E-state index contributed by atoms with van der Waals surface area (Å²) in [7, 11) is 0. The van der Waals surface area contributed by atoms with Crippen LogP contribution in [-0.2, 0) is 12.0 Å². The van der Waals surface area contributed by atoms with Crippen LogP contribution in [0, 0.1) is 0 Å². The first kappa shape index (κ1) is 9.60. The molecule has 1 saturated carbocycles. The summed E-state index contributed by atoms with van der Waals surface area (Å²) in [5.74, 6) is 0.959. The van der Waals surface area contributed by atoms with Crippen molar-refractivity contribution in [1.29, 1.82) is 0 Å². The first-order valence-electron chi connectivity index (χ1n) is 5.55. The van der Waals surface area contributed by atoms with Gasteiger partial charge >= 0.3 is 0 Å². The average molecular weight is 214 g/mol. The Balaban J connectivity index is 2.07. The normalized spacial score (nSPS) is 17.3. The van der Waals surface area contributed by atoms with Gasteiger partial charge < -0.3 is 10.2 Å². The van der Waals surface area contributed by atoms with Gasteiger partial charge in [-0.1, -0.05) is 30.3 Å². The Morgan fingerprint density at radius 2 is 2.00 bits per heavy atom. The van der Waals surface area contributed by atoms with Crippen LogP contribution in [0.2, 0.25) is 0 Å². The monoisotopic (exact) mass is 214 g/mol. The van der Waals surface area contributed by atoms with Crippen molar-refractivity contribution < 1.29 is 4.42 Å². The lowest BCUT2D eigenvalue weighted by Crippen LogP contribution is -2.12. The molecule has 0 amide bonds.